The van der Waals surface area contributed by atoms with Gasteiger partial charge in [-0.05, 0) is 25.0 Å². The molecule has 0 unspecified atom stereocenters. The van der Waals surface area contributed by atoms with Crippen molar-refractivity contribution in [1.29, 1.82) is 0 Å². The third-order valence-electron chi connectivity index (χ3n) is 5.71. The summed E-state index contributed by atoms with van der Waals surface area (Å²) < 4.78 is 7.64. The number of ether oxygens (including phenoxy) is 1. The molecule has 2 aromatic carbocycles. The number of carbonyl (C=O) groups excluding carboxylic acids is 1. The van der Waals surface area contributed by atoms with E-state index in [1.807, 2.05) is 55.1 Å². The van der Waals surface area contributed by atoms with E-state index in [1.54, 1.807) is 0 Å². The molecule has 0 N–H and O–H groups in total. The molecule has 1 fully saturated rings. The van der Waals surface area contributed by atoms with Gasteiger partial charge in [0.1, 0.15) is 0 Å². The van der Waals surface area contributed by atoms with Gasteiger partial charge in [0.25, 0.3) is 0 Å². The molecule has 8 heteroatoms. The molecule has 4 rings (SSSR count). The van der Waals surface area contributed by atoms with Crippen LogP contribution in [0.25, 0.3) is 0 Å². The van der Waals surface area contributed by atoms with Crippen LogP contribution < -0.4 is 4.90 Å². The number of aromatic nitrogens is 3. The Balaban J connectivity index is 1.53. The third kappa shape index (κ3) is 5.94. The SMILES string of the molecule is CCN(Cc1ccccc1)C(=O)[C@H](C)Sc1nnc(N2CCOCC2)n1Cc1ccccc1. The molecule has 1 aliphatic heterocycles. The second kappa shape index (κ2) is 11.3. The molecule has 0 bridgehead atoms. The van der Waals surface area contributed by atoms with Gasteiger partial charge >= 0.3 is 0 Å². The van der Waals surface area contributed by atoms with Crippen molar-refractivity contribution in [2.24, 2.45) is 0 Å². The summed E-state index contributed by atoms with van der Waals surface area (Å²) in [5.74, 6) is 0.939. The van der Waals surface area contributed by atoms with E-state index in [1.165, 1.54) is 17.3 Å². The molecule has 33 heavy (non-hydrogen) atoms. The lowest BCUT2D eigenvalue weighted by Gasteiger charge is -2.28. The Morgan fingerprint density at radius 3 is 2.30 bits per heavy atom. The zero-order chi connectivity index (χ0) is 23.0. The number of anilines is 1. The molecule has 2 heterocycles. The number of morpholine rings is 1. The van der Waals surface area contributed by atoms with Crippen molar-refractivity contribution in [3.63, 3.8) is 0 Å². The summed E-state index contributed by atoms with van der Waals surface area (Å²) in [7, 11) is 0. The smallest absolute Gasteiger partial charge is 0.236 e. The molecule has 7 nitrogen and oxygen atoms in total. The maximum Gasteiger partial charge on any atom is 0.236 e. The van der Waals surface area contributed by atoms with Crippen molar-refractivity contribution in [3.8, 4) is 0 Å². The summed E-state index contributed by atoms with van der Waals surface area (Å²) in [5, 5.41) is 9.51. The van der Waals surface area contributed by atoms with E-state index >= 15 is 0 Å². The summed E-state index contributed by atoms with van der Waals surface area (Å²) >= 11 is 1.48. The number of nitrogens with zero attached hydrogens (tertiary/aromatic N) is 5. The van der Waals surface area contributed by atoms with Gasteiger partial charge in [-0.3, -0.25) is 9.36 Å². The summed E-state index contributed by atoms with van der Waals surface area (Å²) in [4.78, 5) is 17.4. The zero-order valence-corrected chi connectivity index (χ0v) is 20.1. The molecule has 0 radical (unpaired) electrons. The summed E-state index contributed by atoms with van der Waals surface area (Å²) in [6.07, 6.45) is 0. The third-order valence-corrected chi connectivity index (χ3v) is 6.78. The van der Waals surface area contributed by atoms with Gasteiger partial charge in [-0.1, -0.05) is 72.4 Å². The highest BCUT2D eigenvalue weighted by Crippen LogP contribution is 2.28. The Hall–Kier alpha value is -2.84. The molecule has 1 atom stereocenters. The second-order valence-electron chi connectivity index (χ2n) is 8.05. The average Bonchev–Trinajstić information content (AvgIpc) is 3.25. The molecule has 1 aromatic heterocycles. The van der Waals surface area contributed by atoms with Gasteiger partial charge < -0.3 is 14.5 Å². The maximum absolute atomic E-state index is 13.3. The average molecular weight is 466 g/mol. The Morgan fingerprint density at radius 2 is 1.67 bits per heavy atom. The second-order valence-corrected chi connectivity index (χ2v) is 9.36. The van der Waals surface area contributed by atoms with E-state index < -0.39 is 0 Å². The van der Waals surface area contributed by atoms with Gasteiger partial charge in [0.05, 0.1) is 25.0 Å². The van der Waals surface area contributed by atoms with E-state index in [2.05, 4.69) is 43.9 Å². The van der Waals surface area contributed by atoms with Crippen LogP contribution in [0.4, 0.5) is 5.95 Å². The highest BCUT2D eigenvalue weighted by atomic mass is 32.2. The topological polar surface area (TPSA) is 63.5 Å². The molecule has 0 saturated carbocycles. The molecular weight excluding hydrogens is 434 g/mol. The largest absolute Gasteiger partial charge is 0.378 e. The fourth-order valence-corrected chi connectivity index (χ4v) is 4.81. The predicted molar refractivity (Wildman–Crippen MR) is 131 cm³/mol. The number of benzene rings is 2. The number of hydrogen-bond acceptors (Lipinski definition) is 6. The molecule has 174 valence electrons. The lowest BCUT2D eigenvalue weighted by molar-refractivity contribution is -0.130. The van der Waals surface area contributed by atoms with Crippen LogP contribution in [0.2, 0.25) is 0 Å². The van der Waals surface area contributed by atoms with Crippen LogP contribution >= 0.6 is 11.8 Å². The number of hydrogen-bond donors (Lipinski definition) is 0. The lowest BCUT2D eigenvalue weighted by Crippen LogP contribution is -2.38. The molecule has 0 aliphatic carbocycles. The van der Waals surface area contributed by atoms with Crippen molar-refractivity contribution < 1.29 is 9.53 Å². The van der Waals surface area contributed by atoms with Crippen LogP contribution in [0.15, 0.2) is 65.8 Å². The van der Waals surface area contributed by atoms with Crippen LogP contribution in [-0.4, -0.2) is 63.7 Å². The van der Waals surface area contributed by atoms with E-state index in [-0.39, 0.29) is 11.2 Å². The Bertz CT molecular complexity index is 1020. The van der Waals surface area contributed by atoms with Crippen molar-refractivity contribution in [2.45, 2.75) is 37.3 Å². The van der Waals surface area contributed by atoms with Gasteiger partial charge in [-0.25, -0.2) is 0 Å². The molecule has 1 amide bonds. The fourth-order valence-electron chi connectivity index (χ4n) is 3.88. The summed E-state index contributed by atoms with van der Waals surface area (Å²) in [6.45, 7) is 8.83. The van der Waals surface area contributed by atoms with Gasteiger partial charge in [-0.2, -0.15) is 0 Å². The van der Waals surface area contributed by atoms with E-state index in [9.17, 15) is 4.79 Å². The van der Waals surface area contributed by atoms with Crippen LogP contribution in [0, 0.1) is 0 Å². The molecular formula is C25H31N5O2S. The number of amides is 1. The summed E-state index contributed by atoms with van der Waals surface area (Å²) in [5.41, 5.74) is 2.30. The quantitative estimate of drug-likeness (QED) is 0.449. The minimum Gasteiger partial charge on any atom is -0.378 e. The van der Waals surface area contributed by atoms with Crippen molar-refractivity contribution in [1.82, 2.24) is 19.7 Å². The van der Waals surface area contributed by atoms with Crippen molar-refractivity contribution in [3.05, 3.63) is 71.8 Å². The van der Waals surface area contributed by atoms with Gasteiger partial charge in [0.15, 0.2) is 5.16 Å². The van der Waals surface area contributed by atoms with E-state index in [0.29, 0.717) is 32.8 Å². The number of rotatable bonds is 9. The lowest BCUT2D eigenvalue weighted by atomic mass is 10.2. The first-order chi connectivity index (χ1) is 16.2. The number of carbonyl (C=O) groups is 1. The van der Waals surface area contributed by atoms with E-state index in [0.717, 1.165) is 29.8 Å². The molecule has 3 aromatic rings. The van der Waals surface area contributed by atoms with Crippen LogP contribution in [-0.2, 0) is 22.6 Å². The Labute approximate surface area is 199 Å². The molecule has 0 spiro atoms. The minimum absolute atomic E-state index is 0.105. The van der Waals surface area contributed by atoms with E-state index in [4.69, 9.17) is 4.74 Å². The van der Waals surface area contributed by atoms with Crippen LogP contribution in [0.5, 0.6) is 0 Å². The standard InChI is InChI=1S/C25H31N5O2S/c1-3-28(18-21-10-6-4-7-11-21)23(31)20(2)33-25-27-26-24(29-14-16-32-17-15-29)30(25)19-22-12-8-5-9-13-22/h4-13,20H,3,14-19H2,1-2H3/t20-/m0/s1. The normalized spacial score (nSPS) is 14.8. The Kier molecular flexibility index (Phi) is 8.01. The Morgan fingerprint density at radius 1 is 1.03 bits per heavy atom. The first-order valence-corrected chi connectivity index (χ1v) is 12.3. The van der Waals surface area contributed by atoms with Gasteiger partial charge in [0.2, 0.25) is 11.9 Å². The highest BCUT2D eigenvalue weighted by molar-refractivity contribution is 8.00. The molecule has 1 saturated heterocycles. The first kappa shape index (κ1) is 23.3. The fraction of sp³-hybridized carbons (Fsp3) is 0.400. The van der Waals surface area contributed by atoms with Gasteiger partial charge in [-0.15, -0.1) is 10.2 Å². The monoisotopic (exact) mass is 465 g/mol. The minimum atomic E-state index is -0.273. The van der Waals surface area contributed by atoms with Crippen molar-refractivity contribution >= 4 is 23.6 Å². The summed E-state index contributed by atoms with van der Waals surface area (Å²) in [6, 6.07) is 20.4. The van der Waals surface area contributed by atoms with Gasteiger partial charge in [0, 0.05) is 26.2 Å². The van der Waals surface area contributed by atoms with Crippen LogP contribution in [0.1, 0.15) is 25.0 Å². The predicted octanol–water partition coefficient (Wildman–Crippen LogP) is 3.69. The number of thioether (sulfide) groups is 1. The highest BCUT2D eigenvalue weighted by Gasteiger charge is 2.26. The van der Waals surface area contributed by atoms with Crippen molar-refractivity contribution in [2.75, 3.05) is 37.7 Å². The maximum atomic E-state index is 13.3. The van der Waals surface area contributed by atoms with Crippen LogP contribution in [0.3, 0.4) is 0 Å². The molecule has 1 aliphatic rings. The zero-order valence-electron chi connectivity index (χ0n) is 19.3. The first-order valence-electron chi connectivity index (χ1n) is 11.4.